The number of ether oxygens (including phenoxy) is 1. The number of anilines is 1. The Morgan fingerprint density at radius 1 is 1.59 bits per heavy atom. The van der Waals surface area contributed by atoms with Crippen molar-refractivity contribution in [2.75, 3.05) is 11.9 Å². The van der Waals surface area contributed by atoms with Gasteiger partial charge in [-0.3, -0.25) is 9.59 Å². The number of nitrogens with one attached hydrogen (secondary N) is 1. The third-order valence-electron chi connectivity index (χ3n) is 2.64. The van der Waals surface area contributed by atoms with E-state index in [-0.39, 0.29) is 12.5 Å². The van der Waals surface area contributed by atoms with Gasteiger partial charge in [0.05, 0.1) is 6.61 Å². The van der Waals surface area contributed by atoms with Gasteiger partial charge >= 0.3 is 5.97 Å². The molecule has 1 N–H and O–H groups in total. The fraction of sp³-hybridized carbons (Fsp3) is 0.333. The van der Waals surface area contributed by atoms with E-state index in [9.17, 15) is 9.59 Å². The Labute approximate surface area is 104 Å². The van der Waals surface area contributed by atoms with Crippen molar-refractivity contribution < 1.29 is 14.3 Å². The van der Waals surface area contributed by atoms with E-state index in [1.165, 1.54) is 0 Å². The van der Waals surface area contributed by atoms with Gasteiger partial charge in [0.2, 0.25) is 5.91 Å². The molecule has 1 heterocycles. The van der Waals surface area contributed by atoms with E-state index >= 15 is 0 Å². The monoisotopic (exact) mass is 253 g/mol. The number of esters is 1. The maximum atomic E-state index is 11.7. The lowest BCUT2D eigenvalue weighted by atomic mass is 9.93. The number of carbonyl (C=O) groups is 2. The van der Waals surface area contributed by atoms with Crippen molar-refractivity contribution in [3.8, 4) is 0 Å². The zero-order valence-electron chi connectivity index (χ0n) is 9.33. The average molecular weight is 254 g/mol. The fourth-order valence-electron chi connectivity index (χ4n) is 1.81. The molecule has 5 heteroatoms. The van der Waals surface area contributed by atoms with E-state index in [2.05, 4.69) is 5.32 Å². The van der Waals surface area contributed by atoms with Gasteiger partial charge in [0.25, 0.3) is 0 Å². The SMILES string of the molecule is CCOC(=O)C1Cc2ccc(Cl)cc2NC1=O. The van der Waals surface area contributed by atoms with E-state index in [4.69, 9.17) is 16.3 Å². The summed E-state index contributed by atoms with van der Waals surface area (Å²) in [5.74, 6) is -1.58. The van der Waals surface area contributed by atoms with Crippen LogP contribution >= 0.6 is 11.6 Å². The molecule has 1 aliphatic rings. The normalized spacial score (nSPS) is 18.2. The first kappa shape index (κ1) is 11.9. The molecule has 0 aliphatic carbocycles. The van der Waals surface area contributed by atoms with Crippen LogP contribution in [0.25, 0.3) is 0 Å². The summed E-state index contributed by atoms with van der Waals surface area (Å²) in [5, 5.41) is 3.22. The number of amides is 1. The number of hydrogen-bond donors (Lipinski definition) is 1. The van der Waals surface area contributed by atoms with E-state index in [1.54, 1.807) is 19.1 Å². The predicted molar refractivity (Wildman–Crippen MR) is 63.9 cm³/mol. The highest BCUT2D eigenvalue weighted by Crippen LogP contribution is 2.28. The summed E-state index contributed by atoms with van der Waals surface area (Å²) in [5.41, 5.74) is 1.56. The maximum absolute atomic E-state index is 11.7. The average Bonchev–Trinajstić information content (AvgIpc) is 2.28. The fourth-order valence-corrected chi connectivity index (χ4v) is 1.98. The molecule has 0 bridgehead atoms. The predicted octanol–water partition coefficient (Wildman–Crippen LogP) is 2.01. The van der Waals surface area contributed by atoms with Gasteiger partial charge in [-0.05, 0) is 31.0 Å². The molecule has 1 aromatic rings. The lowest BCUT2D eigenvalue weighted by Gasteiger charge is -2.23. The Kier molecular flexibility index (Phi) is 3.33. The molecule has 17 heavy (non-hydrogen) atoms. The molecule has 1 atom stereocenters. The van der Waals surface area contributed by atoms with Gasteiger partial charge < -0.3 is 10.1 Å². The third-order valence-corrected chi connectivity index (χ3v) is 2.88. The molecule has 0 saturated carbocycles. The van der Waals surface area contributed by atoms with Crippen molar-refractivity contribution in [2.24, 2.45) is 5.92 Å². The summed E-state index contributed by atoms with van der Waals surface area (Å²) in [6, 6.07) is 5.22. The summed E-state index contributed by atoms with van der Waals surface area (Å²) in [7, 11) is 0. The Hall–Kier alpha value is -1.55. The standard InChI is InChI=1S/C12H12ClNO3/c1-2-17-12(16)9-5-7-3-4-8(13)6-10(7)14-11(9)15/h3-4,6,9H,2,5H2,1H3,(H,14,15). The van der Waals surface area contributed by atoms with Crippen LogP contribution < -0.4 is 5.32 Å². The van der Waals surface area contributed by atoms with Crippen molar-refractivity contribution in [1.82, 2.24) is 0 Å². The van der Waals surface area contributed by atoms with E-state index in [0.29, 0.717) is 17.1 Å². The van der Waals surface area contributed by atoms with Crippen LogP contribution in [0.4, 0.5) is 5.69 Å². The van der Waals surface area contributed by atoms with Gasteiger partial charge in [-0.15, -0.1) is 0 Å². The number of halogens is 1. The molecule has 90 valence electrons. The summed E-state index contributed by atoms with van der Waals surface area (Å²) in [4.78, 5) is 23.3. The topological polar surface area (TPSA) is 55.4 Å². The van der Waals surface area contributed by atoms with Gasteiger partial charge in [0.1, 0.15) is 5.92 Å². The van der Waals surface area contributed by atoms with Crippen LogP contribution in [0, 0.1) is 5.92 Å². The lowest BCUT2D eigenvalue weighted by molar-refractivity contribution is -0.151. The molecule has 0 saturated heterocycles. The van der Waals surface area contributed by atoms with Crippen molar-refractivity contribution in [3.05, 3.63) is 28.8 Å². The number of carbonyl (C=O) groups excluding carboxylic acids is 2. The highest BCUT2D eigenvalue weighted by atomic mass is 35.5. The molecule has 2 rings (SSSR count). The summed E-state index contributed by atoms with van der Waals surface area (Å²) in [6.07, 6.45) is 0.358. The molecule has 0 aromatic heterocycles. The van der Waals surface area contributed by atoms with Gasteiger partial charge in [0.15, 0.2) is 0 Å². The second-order valence-electron chi connectivity index (χ2n) is 3.80. The smallest absolute Gasteiger partial charge is 0.318 e. The van der Waals surface area contributed by atoms with Crippen LogP contribution in [0.3, 0.4) is 0 Å². The van der Waals surface area contributed by atoms with Crippen molar-refractivity contribution in [2.45, 2.75) is 13.3 Å². The minimum atomic E-state index is -0.761. The van der Waals surface area contributed by atoms with E-state index in [1.807, 2.05) is 6.07 Å². The zero-order chi connectivity index (χ0) is 12.4. The van der Waals surface area contributed by atoms with Crippen LogP contribution in [0.2, 0.25) is 5.02 Å². The molecule has 0 radical (unpaired) electrons. The Morgan fingerprint density at radius 2 is 2.35 bits per heavy atom. The molecule has 4 nitrogen and oxygen atoms in total. The van der Waals surface area contributed by atoms with E-state index in [0.717, 1.165) is 5.56 Å². The van der Waals surface area contributed by atoms with Crippen LogP contribution in [0.1, 0.15) is 12.5 Å². The first-order chi connectivity index (χ1) is 8.11. The van der Waals surface area contributed by atoms with Gasteiger partial charge in [-0.1, -0.05) is 17.7 Å². The quantitative estimate of drug-likeness (QED) is 0.648. The number of fused-ring (bicyclic) bond motifs is 1. The zero-order valence-corrected chi connectivity index (χ0v) is 10.1. The highest BCUT2D eigenvalue weighted by molar-refractivity contribution is 6.31. The van der Waals surface area contributed by atoms with Crippen LogP contribution in [0.15, 0.2) is 18.2 Å². The summed E-state index contributed by atoms with van der Waals surface area (Å²) in [6.45, 7) is 1.99. The van der Waals surface area contributed by atoms with E-state index < -0.39 is 11.9 Å². The maximum Gasteiger partial charge on any atom is 0.318 e. The summed E-state index contributed by atoms with van der Waals surface area (Å²) < 4.78 is 4.86. The Bertz CT molecular complexity index is 473. The molecule has 0 fully saturated rings. The number of rotatable bonds is 2. The Balaban J connectivity index is 2.24. The molecule has 1 aliphatic heterocycles. The molecule has 1 unspecified atom stereocenters. The molecular weight excluding hydrogens is 242 g/mol. The number of hydrogen-bond acceptors (Lipinski definition) is 3. The molecule has 0 spiro atoms. The van der Waals surface area contributed by atoms with Crippen molar-refractivity contribution >= 4 is 29.2 Å². The van der Waals surface area contributed by atoms with Crippen molar-refractivity contribution in [3.63, 3.8) is 0 Å². The molecule has 1 aromatic carbocycles. The minimum absolute atomic E-state index is 0.274. The Morgan fingerprint density at radius 3 is 3.06 bits per heavy atom. The first-order valence-corrected chi connectivity index (χ1v) is 5.75. The number of benzene rings is 1. The lowest BCUT2D eigenvalue weighted by Crippen LogP contribution is -2.36. The third kappa shape index (κ3) is 2.42. The second-order valence-corrected chi connectivity index (χ2v) is 4.24. The van der Waals surface area contributed by atoms with Crippen molar-refractivity contribution in [1.29, 1.82) is 0 Å². The first-order valence-electron chi connectivity index (χ1n) is 5.37. The molecular formula is C12H12ClNO3. The molecule has 1 amide bonds. The van der Waals surface area contributed by atoms with Crippen LogP contribution in [-0.2, 0) is 20.7 Å². The van der Waals surface area contributed by atoms with Crippen LogP contribution in [-0.4, -0.2) is 18.5 Å². The second kappa shape index (κ2) is 4.75. The largest absolute Gasteiger partial charge is 0.465 e. The van der Waals surface area contributed by atoms with Gasteiger partial charge in [-0.2, -0.15) is 0 Å². The van der Waals surface area contributed by atoms with Gasteiger partial charge in [0, 0.05) is 10.7 Å². The summed E-state index contributed by atoms with van der Waals surface area (Å²) >= 11 is 5.83. The van der Waals surface area contributed by atoms with Crippen LogP contribution in [0.5, 0.6) is 0 Å². The van der Waals surface area contributed by atoms with Gasteiger partial charge in [-0.25, -0.2) is 0 Å². The minimum Gasteiger partial charge on any atom is -0.465 e. The highest BCUT2D eigenvalue weighted by Gasteiger charge is 2.33.